The minimum absolute atomic E-state index is 0.273. The normalized spacial score (nSPS) is 11.9. The van der Waals surface area contributed by atoms with Crippen molar-refractivity contribution in [2.75, 3.05) is 18.5 Å². The van der Waals surface area contributed by atoms with Gasteiger partial charge in [-0.1, -0.05) is 22.9 Å². The molecule has 1 atom stereocenters. The number of esters is 2. The van der Waals surface area contributed by atoms with Gasteiger partial charge in [-0.2, -0.15) is 0 Å². The highest BCUT2D eigenvalue weighted by Gasteiger charge is 2.27. The molecule has 14 heavy (non-hydrogen) atoms. The number of halogens is 1. The SMILES string of the molecule is CCOC(=O)C(CC)C(=O)OCCBr. The Labute approximate surface area is 92.1 Å². The summed E-state index contributed by atoms with van der Waals surface area (Å²) < 4.78 is 9.57. The fourth-order valence-electron chi connectivity index (χ4n) is 0.912. The number of hydrogen-bond donors (Lipinski definition) is 0. The summed E-state index contributed by atoms with van der Waals surface area (Å²) in [5, 5.41) is 0.567. The van der Waals surface area contributed by atoms with Crippen LogP contribution in [0.1, 0.15) is 20.3 Å². The Morgan fingerprint density at radius 1 is 1.21 bits per heavy atom. The lowest BCUT2D eigenvalue weighted by molar-refractivity contribution is -0.161. The maximum atomic E-state index is 11.3. The van der Waals surface area contributed by atoms with E-state index in [1.54, 1.807) is 13.8 Å². The van der Waals surface area contributed by atoms with E-state index in [1.807, 2.05) is 0 Å². The molecule has 0 aliphatic carbocycles. The van der Waals surface area contributed by atoms with Crippen molar-refractivity contribution in [2.45, 2.75) is 20.3 Å². The average Bonchev–Trinajstić information content (AvgIpc) is 2.16. The van der Waals surface area contributed by atoms with Crippen LogP contribution in [0.25, 0.3) is 0 Å². The molecule has 0 radical (unpaired) electrons. The average molecular weight is 267 g/mol. The number of alkyl halides is 1. The summed E-state index contributed by atoms with van der Waals surface area (Å²) in [5.74, 6) is -1.80. The van der Waals surface area contributed by atoms with Crippen LogP contribution in [0.2, 0.25) is 0 Å². The molecule has 0 aliphatic rings. The second-order valence-electron chi connectivity index (χ2n) is 2.57. The van der Waals surface area contributed by atoms with Gasteiger partial charge in [0.25, 0.3) is 0 Å². The third-order valence-electron chi connectivity index (χ3n) is 1.59. The van der Waals surface area contributed by atoms with Gasteiger partial charge in [0.2, 0.25) is 0 Å². The van der Waals surface area contributed by atoms with Crippen molar-refractivity contribution >= 4 is 27.9 Å². The van der Waals surface area contributed by atoms with Crippen molar-refractivity contribution < 1.29 is 19.1 Å². The number of hydrogen-bond acceptors (Lipinski definition) is 4. The minimum Gasteiger partial charge on any atom is -0.465 e. The summed E-state index contributed by atoms with van der Waals surface area (Å²) in [5.41, 5.74) is 0. The first-order valence-corrected chi connectivity index (χ1v) is 5.68. The van der Waals surface area contributed by atoms with Gasteiger partial charge in [0.05, 0.1) is 6.61 Å². The molecule has 0 saturated carbocycles. The first-order chi connectivity index (χ1) is 6.67. The van der Waals surface area contributed by atoms with Crippen LogP contribution in [-0.2, 0) is 19.1 Å². The first kappa shape index (κ1) is 13.4. The van der Waals surface area contributed by atoms with E-state index in [4.69, 9.17) is 9.47 Å². The smallest absolute Gasteiger partial charge is 0.320 e. The molecule has 0 heterocycles. The fraction of sp³-hybridized carbons (Fsp3) is 0.778. The predicted octanol–water partition coefficient (Wildman–Crippen LogP) is 1.51. The molecule has 0 aromatic heterocycles. The van der Waals surface area contributed by atoms with E-state index in [0.29, 0.717) is 11.8 Å². The van der Waals surface area contributed by atoms with Crippen LogP contribution < -0.4 is 0 Å². The lowest BCUT2D eigenvalue weighted by Crippen LogP contribution is -2.27. The number of carbonyl (C=O) groups is 2. The third kappa shape index (κ3) is 4.60. The van der Waals surface area contributed by atoms with Crippen molar-refractivity contribution in [3.05, 3.63) is 0 Å². The van der Waals surface area contributed by atoms with Gasteiger partial charge in [-0.25, -0.2) is 0 Å². The molecule has 4 nitrogen and oxygen atoms in total. The molecule has 0 fully saturated rings. The van der Waals surface area contributed by atoms with Crippen molar-refractivity contribution in [3.63, 3.8) is 0 Å². The summed E-state index contributed by atoms with van der Waals surface area (Å²) in [6.07, 6.45) is 0.403. The zero-order valence-electron chi connectivity index (χ0n) is 8.42. The molecule has 0 aromatic rings. The zero-order valence-corrected chi connectivity index (χ0v) is 10.0. The maximum absolute atomic E-state index is 11.3. The Kier molecular flexibility index (Phi) is 7.47. The topological polar surface area (TPSA) is 52.6 Å². The highest BCUT2D eigenvalue weighted by Crippen LogP contribution is 2.08. The zero-order chi connectivity index (χ0) is 11.0. The van der Waals surface area contributed by atoms with E-state index in [2.05, 4.69) is 15.9 Å². The van der Waals surface area contributed by atoms with E-state index >= 15 is 0 Å². The highest BCUT2D eigenvalue weighted by molar-refractivity contribution is 9.09. The monoisotopic (exact) mass is 266 g/mol. The Morgan fingerprint density at radius 3 is 2.21 bits per heavy atom. The molecule has 0 N–H and O–H groups in total. The van der Waals surface area contributed by atoms with Gasteiger partial charge in [-0.15, -0.1) is 0 Å². The molecule has 0 bridgehead atoms. The Bertz CT molecular complexity index is 193. The van der Waals surface area contributed by atoms with Gasteiger partial charge in [0.15, 0.2) is 5.92 Å². The van der Waals surface area contributed by atoms with Crippen molar-refractivity contribution in [1.82, 2.24) is 0 Å². The molecular formula is C9H15BrO4. The van der Waals surface area contributed by atoms with E-state index in [0.717, 1.165) is 0 Å². The molecule has 0 saturated heterocycles. The van der Waals surface area contributed by atoms with Gasteiger partial charge in [-0.05, 0) is 13.3 Å². The van der Waals surface area contributed by atoms with Gasteiger partial charge >= 0.3 is 11.9 Å². The van der Waals surface area contributed by atoms with E-state index in [-0.39, 0.29) is 13.2 Å². The molecule has 0 spiro atoms. The molecule has 0 aromatic carbocycles. The maximum Gasteiger partial charge on any atom is 0.320 e. The molecule has 82 valence electrons. The van der Waals surface area contributed by atoms with Crippen molar-refractivity contribution in [3.8, 4) is 0 Å². The fourth-order valence-corrected chi connectivity index (χ4v) is 1.07. The first-order valence-electron chi connectivity index (χ1n) is 4.56. The number of rotatable bonds is 6. The van der Waals surface area contributed by atoms with Gasteiger partial charge in [0, 0.05) is 5.33 Å². The molecule has 0 rings (SSSR count). The van der Waals surface area contributed by atoms with E-state index in [9.17, 15) is 9.59 Å². The van der Waals surface area contributed by atoms with Crippen LogP contribution in [0.3, 0.4) is 0 Å². The van der Waals surface area contributed by atoms with Gasteiger partial charge in [-0.3, -0.25) is 9.59 Å². The largest absolute Gasteiger partial charge is 0.465 e. The van der Waals surface area contributed by atoms with Gasteiger partial charge in [0.1, 0.15) is 6.61 Å². The molecule has 5 heteroatoms. The van der Waals surface area contributed by atoms with Crippen LogP contribution in [0, 0.1) is 5.92 Å². The lowest BCUT2D eigenvalue weighted by atomic mass is 10.1. The van der Waals surface area contributed by atoms with Crippen LogP contribution >= 0.6 is 15.9 Å². The molecule has 0 aliphatic heterocycles. The summed E-state index contributed by atoms with van der Waals surface area (Å²) >= 11 is 3.12. The Balaban J connectivity index is 4.10. The highest BCUT2D eigenvalue weighted by atomic mass is 79.9. The number of ether oxygens (including phenoxy) is 2. The minimum atomic E-state index is -0.783. The Morgan fingerprint density at radius 2 is 1.79 bits per heavy atom. The second-order valence-corrected chi connectivity index (χ2v) is 3.36. The summed E-state index contributed by atoms with van der Waals surface area (Å²) in [7, 11) is 0. The van der Waals surface area contributed by atoms with Crippen LogP contribution in [0.15, 0.2) is 0 Å². The quantitative estimate of drug-likeness (QED) is 0.416. The van der Waals surface area contributed by atoms with Gasteiger partial charge < -0.3 is 9.47 Å². The van der Waals surface area contributed by atoms with Crippen LogP contribution in [0.5, 0.6) is 0 Å². The third-order valence-corrected chi connectivity index (χ3v) is 1.91. The van der Waals surface area contributed by atoms with Crippen molar-refractivity contribution in [1.29, 1.82) is 0 Å². The summed E-state index contributed by atoms with van der Waals surface area (Å²) in [4.78, 5) is 22.5. The molecule has 1 unspecified atom stereocenters. The second kappa shape index (κ2) is 7.79. The molecule has 0 amide bonds. The molecular weight excluding hydrogens is 252 g/mol. The van der Waals surface area contributed by atoms with Crippen molar-refractivity contribution in [2.24, 2.45) is 5.92 Å². The summed E-state index contributed by atoms with van der Waals surface area (Å²) in [6.45, 7) is 4.00. The van der Waals surface area contributed by atoms with Crippen LogP contribution in [-0.4, -0.2) is 30.5 Å². The van der Waals surface area contributed by atoms with E-state index in [1.165, 1.54) is 0 Å². The standard InChI is InChI=1S/C9H15BrO4/c1-3-7(8(11)13-4-2)9(12)14-6-5-10/h7H,3-6H2,1-2H3. The predicted molar refractivity (Wildman–Crippen MR) is 55.2 cm³/mol. The van der Waals surface area contributed by atoms with Crippen LogP contribution in [0.4, 0.5) is 0 Å². The number of carbonyl (C=O) groups excluding carboxylic acids is 2. The lowest BCUT2D eigenvalue weighted by Gasteiger charge is -2.11. The Hall–Kier alpha value is -0.580. The van der Waals surface area contributed by atoms with E-state index < -0.39 is 17.9 Å². The summed E-state index contributed by atoms with van der Waals surface area (Å²) in [6, 6.07) is 0.